The average molecular weight is 465 g/mol. The number of thiocarbonyl (C=S) groups is 1. The molecule has 172 valence electrons. The predicted molar refractivity (Wildman–Crippen MR) is 130 cm³/mol. The molecular weight excluding hydrogens is 436 g/mol. The molecule has 2 aromatic heterocycles. The number of hydrogen-bond donors (Lipinski definition) is 1. The molecule has 8 heteroatoms. The van der Waals surface area contributed by atoms with E-state index in [1.807, 2.05) is 42.5 Å². The highest BCUT2D eigenvalue weighted by molar-refractivity contribution is 7.80. The summed E-state index contributed by atoms with van der Waals surface area (Å²) in [5.41, 5.74) is 4.17. The Kier molecular flexibility index (Phi) is 6.93. The van der Waals surface area contributed by atoms with Crippen LogP contribution >= 0.6 is 12.2 Å². The van der Waals surface area contributed by atoms with Gasteiger partial charge in [-0.05, 0) is 74.1 Å². The van der Waals surface area contributed by atoms with E-state index in [-0.39, 0.29) is 18.1 Å². The first kappa shape index (κ1) is 22.8. The van der Waals surface area contributed by atoms with Gasteiger partial charge >= 0.3 is 5.97 Å². The number of aromatic nitrogens is 2. The second kappa shape index (κ2) is 10.0. The lowest BCUT2D eigenvalue weighted by Gasteiger charge is -2.29. The summed E-state index contributed by atoms with van der Waals surface area (Å²) in [6.07, 6.45) is 2.78. The second-order valence-corrected chi connectivity index (χ2v) is 8.32. The highest BCUT2D eigenvalue weighted by Crippen LogP contribution is 2.40. The normalized spacial score (nSPS) is 17.7. The molecule has 4 rings (SSSR count). The lowest BCUT2D eigenvalue weighted by Crippen LogP contribution is -2.31. The number of esters is 1. The minimum Gasteiger partial charge on any atom is -0.497 e. The Morgan fingerprint density at radius 2 is 1.91 bits per heavy atom. The second-order valence-electron chi connectivity index (χ2n) is 7.93. The SMILES string of the molecule is COC(=O)CCCN1C(=S)N[C@@H](c2ccccn2)[C@H]1c1ccc(C)n1-c1ccc(OC)cc1. The summed E-state index contributed by atoms with van der Waals surface area (Å²) in [4.78, 5) is 18.5. The van der Waals surface area contributed by atoms with E-state index in [1.165, 1.54) is 7.11 Å². The van der Waals surface area contributed by atoms with E-state index in [1.54, 1.807) is 13.3 Å². The lowest BCUT2D eigenvalue weighted by molar-refractivity contribution is -0.140. The van der Waals surface area contributed by atoms with Crippen LogP contribution in [-0.4, -0.2) is 46.3 Å². The monoisotopic (exact) mass is 464 g/mol. The summed E-state index contributed by atoms with van der Waals surface area (Å²) < 4.78 is 12.4. The molecule has 0 spiro atoms. The maximum absolute atomic E-state index is 11.7. The summed E-state index contributed by atoms with van der Waals surface area (Å²) in [5.74, 6) is 0.591. The number of rotatable bonds is 8. The van der Waals surface area contributed by atoms with Crippen LogP contribution < -0.4 is 10.1 Å². The largest absolute Gasteiger partial charge is 0.497 e. The molecule has 0 unspecified atom stereocenters. The molecule has 0 bridgehead atoms. The first-order valence-corrected chi connectivity index (χ1v) is 11.3. The molecule has 3 heterocycles. The molecule has 1 N–H and O–H groups in total. The van der Waals surface area contributed by atoms with Gasteiger partial charge < -0.3 is 24.3 Å². The minimum absolute atomic E-state index is 0.0964. The molecule has 0 saturated carbocycles. The first-order valence-electron chi connectivity index (χ1n) is 10.9. The van der Waals surface area contributed by atoms with Crippen molar-refractivity contribution in [2.24, 2.45) is 0 Å². The summed E-state index contributed by atoms with van der Waals surface area (Å²) in [6.45, 7) is 2.72. The third-order valence-electron chi connectivity index (χ3n) is 5.95. The Hall–Kier alpha value is -3.39. The maximum atomic E-state index is 11.7. The van der Waals surface area contributed by atoms with Gasteiger partial charge in [-0.15, -0.1) is 0 Å². The first-order chi connectivity index (χ1) is 16.0. The number of nitrogens with zero attached hydrogens (tertiary/aromatic N) is 3. The molecule has 0 aliphatic carbocycles. The van der Waals surface area contributed by atoms with E-state index < -0.39 is 0 Å². The maximum Gasteiger partial charge on any atom is 0.305 e. The Morgan fingerprint density at radius 3 is 2.58 bits per heavy atom. The van der Waals surface area contributed by atoms with Crippen LogP contribution in [0.25, 0.3) is 5.69 Å². The Balaban J connectivity index is 1.74. The zero-order valence-electron chi connectivity index (χ0n) is 19.0. The van der Waals surface area contributed by atoms with Crippen molar-refractivity contribution < 1.29 is 14.3 Å². The zero-order valence-corrected chi connectivity index (χ0v) is 19.8. The third kappa shape index (κ3) is 4.71. The molecular formula is C25H28N4O3S. The Labute approximate surface area is 199 Å². The minimum atomic E-state index is -0.219. The van der Waals surface area contributed by atoms with Gasteiger partial charge in [-0.1, -0.05) is 6.07 Å². The van der Waals surface area contributed by atoms with Crippen molar-refractivity contribution in [2.45, 2.75) is 31.8 Å². The number of ether oxygens (including phenoxy) is 2. The number of hydrogen-bond acceptors (Lipinski definition) is 5. The van der Waals surface area contributed by atoms with Gasteiger partial charge in [0.15, 0.2) is 5.11 Å². The number of nitrogens with one attached hydrogen (secondary N) is 1. The summed E-state index contributed by atoms with van der Waals surface area (Å²) in [5, 5.41) is 4.13. The van der Waals surface area contributed by atoms with Gasteiger partial charge in [0, 0.05) is 36.2 Å². The van der Waals surface area contributed by atoms with Crippen molar-refractivity contribution in [1.82, 2.24) is 19.8 Å². The van der Waals surface area contributed by atoms with E-state index in [0.29, 0.717) is 24.5 Å². The highest BCUT2D eigenvalue weighted by atomic mass is 32.1. The van der Waals surface area contributed by atoms with E-state index in [4.69, 9.17) is 21.7 Å². The van der Waals surface area contributed by atoms with Crippen LogP contribution in [0.4, 0.5) is 0 Å². The van der Waals surface area contributed by atoms with Crippen LogP contribution in [0.2, 0.25) is 0 Å². The lowest BCUT2D eigenvalue weighted by atomic mass is 10.0. The molecule has 0 radical (unpaired) electrons. The van der Waals surface area contributed by atoms with Crippen molar-refractivity contribution in [3.05, 3.63) is 77.9 Å². The van der Waals surface area contributed by atoms with Crippen molar-refractivity contribution in [2.75, 3.05) is 20.8 Å². The predicted octanol–water partition coefficient (Wildman–Crippen LogP) is 4.12. The zero-order chi connectivity index (χ0) is 23.4. The van der Waals surface area contributed by atoms with Crippen LogP contribution in [0.5, 0.6) is 5.75 Å². The molecule has 1 saturated heterocycles. The van der Waals surface area contributed by atoms with E-state index in [9.17, 15) is 4.79 Å². The van der Waals surface area contributed by atoms with Gasteiger partial charge in [0.05, 0.1) is 32.0 Å². The van der Waals surface area contributed by atoms with Gasteiger partial charge in [0.1, 0.15) is 5.75 Å². The fraction of sp³-hybridized carbons (Fsp3) is 0.320. The van der Waals surface area contributed by atoms with Gasteiger partial charge in [-0.2, -0.15) is 0 Å². The standard InChI is InChI=1S/C25H28N4O3S/c1-17-9-14-21(29(17)18-10-12-19(31-2)13-11-18)24-23(20-7-4-5-15-26-20)27-25(33)28(24)16-6-8-22(30)32-3/h4-5,7,9-15,23-24H,6,8,16H2,1-3H3,(H,27,33)/t23-,24+/m0/s1. The summed E-state index contributed by atoms with van der Waals surface area (Å²) in [6, 6.07) is 18.0. The fourth-order valence-corrected chi connectivity index (χ4v) is 4.67. The third-order valence-corrected chi connectivity index (χ3v) is 6.30. The highest BCUT2D eigenvalue weighted by Gasteiger charge is 2.41. The molecule has 7 nitrogen and oxygen atoms in total. The van der Waals surface area contributed by atoms with Crippen LogP contribution in [0.1, 0.15) is 42.0 Å². The van der Waals surface area contributed by atoms with Crippen LogP contribution in [0.3, 0.4) is 0 Å². The topological polar surface area (TPSA) is 68.6 Å². The number of aryl methyl sites for hydroxylation is 1. The fourth-order valence-electron chi connectivity index (χ4n) is 4.34. The number of benzene rings is 1. The van der Waals surface area contributed by atoms with Crippen molar-refractivity contribution in [1.29, 1.82) is 0 Å². The smallest absolute Gasteiger partial charge is 0.305 e. The molecule has 33 heavy (non-hydrogen) atoms. The van der Waals surface area contributed by atoms with Gasteiger partial charge in [-0.25, -0.2) is 0 Å². The van der Waals surface area contributed by atoms with Gasteiger partial charge in [-0.3, -0.25) is 9.78 Å². The van der Waals surface area contributed by atoms with Crippen molar-refractivity contribution in [3.63, 3.8) is 0 Å². The summed E-state index contributed by atoms with van der Waals surface area (Å²) in [7, 11) is 3.07. The van der Waals surface area contributed by atoms with Gasteiger partial charge in [0.2, 0.25) is 0 Å². The Morgan fingerprint density at radius 1 is 1.12 bits per heavy atom. The number of carbonyl (C=O) groups excluding carboxylic acids is 1. The quantitative estimate of drug-likeness (QED) is 0.397. The molecule has 1 aliphatic rings. The molecule has 1 aliphatic heterocycles. The number of carbonyl (C=O) groups is 1. The molecule has 0 amide bonds. The van der Waals surface area contributed by atoms with E-state index >= 15 is 0 Å². The van der Waals surface area contributed by atoms with E-state index in [0.717, 1.165) is 28.5 Å². The van der Waals surface area contributed by atoms with Crippen LogP contribution in [0.15, 0.2) is 60.8 Å². The molecule has 1 fully saturated rings. The molecule has 1 aromatic carbocycles. The Bertz CT molecular complexity index is 1110. The van der Waals surface area contributed by atoms with E-state index in [2.05, 4.69) is 38.8 Å². The van der Waals surface area contributed by atoms with Crippen molar-refractivity contribution >= 4 is 23.3 Å². The average Bonchev–Trinajstić information content (AvgIpc) is 3.38. The number of methoxy groups -OCH3 is 2. The number of pyridine rings is 1. The van der Waals surface area contributed by atoms with Gasteiger partial charge in [0.25, 0.3) is 0 Å². The van der Waals surface area contributed by atoms with Crippen molar-refractivity contribution in [3.8, 4) is 11.4 Å². The van der Waals surface area contributed by atoms with Crippen LogP contribution in [0, 0.1) is 6.92 Å². The molecule has 3 aromatic rings. The van der Waals surface area contributed by atoms with Crippen LogP contribution in [-0.2, 0) is 9.53 Å². The summed E-state index contributed by atoms with van der Waals surface area (Å²) >= 11 is 5.75. The molecule has 2 atom stereocenters.